The third-order valence-electron chi connectivity index (χ3n) is 0.827. The van der Waals surface area contributed by atoms with Gasteiger partial charge in [-0.3, -0.25) is 0 Å². The van der Waals surface area contributed by atoms with Gasteiger partial charge in [-0.25, -0.2) is 0 Å². The summed E-state index contributed by atoms with van der Waals surface area (Å²) in [5.41, 5.74) is 0. The van der Waals surface area contributed by atoms with Crippen LogP contribution in [0.1, 0.15) is 12.8 Å². The van der Waals surface area contributed by atoms with Crippen molar-refractivity contribution in [2.75, 3.05) is 13.2 Å². The quantitative estimate of drug-likeness (QED) is 0.410. The monoisotopic (exact) mass is 259 g/mol. The Morgan fingerprint density at radius 1 is 0.778 bits per heavy atom. The first kappa shape index (κ1) is 22.4. The van der Waals surface area contributed by atoms with Gasteiger partial charge in [0.1, 0.15) is 0 Å². The van der Waals surface area contributed by atoms with Gasteiger partial charge in [-0.05, 0) is 12.8 Å². The van der Waals surface area contributed by atoms with E-state index in [2.05, 4.69) is 0 Å². The van der Waals surface area contributed by atoms with Crippen molar-refractivity contribution in [1.29, 1.82) is 0 Å². The third-order valence-corrected chi connectivity index (χ3v) is 0.827. The number of hydrogen-bond acceptors (Lipinski definition) is 1. The first-order valence-corrected chi connectivity index (χ1v) is 2.08. The first-order valence-electron chi connectivity index (χ1n) is 2.08. The molecule has 0 aromatic rings. The van der Waals surface area contributed by atoms with Crippen molar-refractivity contribution in [1.82, 2.24) is 0 Å². The Bertz CT molecular complexity index is 27.4. The Morgan fingerprint density at radius 2 is 1.11 bits per heavy atom. The summed E-state index contributed by atoms with van der Waals surface area (Å²) in [6, 6.07) is 0. The smallest absolute Gasteiger partial charge is 0.381 e. The van der Waals surface area contributed by atoms with Gasteiger partial charge in [0.15, 0.2) is 0 Å². The van der Waals surface area contributed by atoms with Crippen LogP contribution in [0.5, 0.6) is 0 Å². The largest absolute Gasteiger partial charge is 3.00 e. The third kappa shape index (κ3) is 12.7. The van der Waals surface area contributed by atoms with Crippen LogP contribution in [-0.4, -0.2) is 38.5 Å². The van der Waals surface area contributed by atoms with Crippen LogP contribution in [0.3, 0.4) is 0 Å². The molecule has 1 saturated heterocycles. The second kappa shape index (κ2) is 16.2. The van der Waals surface area contributed by atoms with E-state index in [1.54, 1.807) is 0 Å². The van der Waals surface area contributed by atoms with E-state index in [4.69, 9.17) is 4.74 Å². The van der Waals surface area contributed by atoms with Gasteiger partial charge in [-0.2, -0.15) is 0 Å². The van der Waals surface area contributed by atoms with Crippen LogP contribution in [0.25, 0.3) is 0 Å². The molecule has 1 radical (unpaired) electrons. The standard InChI is InChI=1S/C4H8O.3BH4.Nd/c1-2-4-5-3-1;;;;/h1-4H2;3*1H4;/q;3*-1;+3. The topological polar surface area (TPSA) is 9.23 Å². The van der Waals surface area contributed by atoms with Crippen LogP contribution in [-0.2, 0) is 4.74 Å². The zero-order valence-corrected chi connectivity index (χ0v) is 6.94. The second-order valence-corrected chi connectivity index (χ2v) is 1.32. The average molecular weight is 261 g/mol. The fraction of sp³-hybridized carbons (Fsp3) is 1.00. The fourth-order valence-corrected chi connectivity index (χ4v) is 0.510. The predicted octanol–water partition coefficient (Wildman–Crippen LogP) is -3.56. The molecule has 1 nitrogen and oxygen atoms in total. The van der Waals surface area contributed by atoms with E-state index in [1.807, 2.05) is 0 Å². The maximum Gasteiger partial charge on any atom is 3.00 e. The van der Waals surface area contributed by atoms with Crippen LogP contribution in [0, 0.1) is 40.8 Å². The zero-order chi connectivity index (χ0) is 3.54. The Morgan fingerprint density at radius 3 is 1.22 bits per heavy atom. The molecule has 5 heteroatoms. The van der Waals surface area contributed by atoms with Gasteiger partial charge < -0.3 is 4.74 Å². The van der Waals surface area contributed by atoms with Crippen LogP contribution < -0.4 is 0 Å². The van der Waals surface area contributed by atoms with Crippen molar-refractivity contribution in [3.63, 3.8) is 0 Å². The molecule has 0 N–H and O–H groups in total. The molecule has 0 spiro atoms. The molecule has 0 aromatic heterocycles. The van der Waals surface area contributed by atoms with E-state index in [1.165, 1.54) is 12.8 Å². The molecule has 0 bridgehead atoms. The van der Waals surface area contributed by atoms with Gasteiger partial charge >= 0.3 is 40.8 Å². The van der Waals surface area contributed by atoms with Gasteiger partial charge in [0.05, 0.1) is 0 Å². The minimum absolute atomic E-state index is 0. The van der Waals surface area contributed by atoms with E-state index < -0.39 is 0 Å². The maximum absolute atomic E-state index is 4.94. The summed E-state index contributed by atoms with van der Waals surface area (Å²) in [4.78, 5) is 0. The van der Waals surface area contributed by atoms with Crippen molar-refractivity contribution in [3.05, 3.63) is 0 Å². The summed E-state index contributed by atoms with van der Waals surface area (Å²) in [6.07, 6.45) is 2.56. The van der Waals surface area contributed by atoms with Gasteiger partial charge in [-0.15, -0.1) is 0 Å². The number of ether oxygens (including phenoxy) is 1. The normalized spacial score (nSPS) is 13.3. The Labute approximate surface area is 95.9 Å². The maximum atomic E-state index is 4.94. The summed E-state index contributed by atoms with van der Waals surface area (Å²) >= 11 is 0. The van der Waals surface area contributed by atoms with E-state index in [0.29, 0.717) is 0 Å². The van der Waals surface area contributed by atoms with Gasteiger partial charge in [-0.1, -0.05) is 25.2 Å². The van der Waals surface area contributed by atoms with Crippen molar-refractivity contribution in [2.24, 2.45) is 0 Å². The molecular formula is C4H20B3NdO. The Hall–Kier alpha value is 1.51. The number of hydrogen-bond donors (Lipinski definition) is 0. The summed E-state index contributed by atoms with van der Waals surface area (Å²) in [5.74, 6) is 0. The molecule has 1 fully saturated rings. The SMILES string of the molecule is C1CCOC1.[BH4-].[BH4-].[BH4-].[Nd+3]. The van der Waals surface area contributed by atoms with Crippen molar-refractivity contribution < 1.29 is 45.6 Å². The molecule has 1 heterocycles. The zero-order valence-electron chi connectivity index (χ0n) is 3.74. The summed E-state index contributed by atoms with van der Waals surface area (Å²) in [5, 5.41) is 0. The van der Waals surface area contributed by atoms with Gasteiger partial charge in [0, 0.05) is 13.2 Å². The summed E-state index contributed by atoms with van der Waals surface area (Å²) in [7, 11) is 0. The summed E-state index contributed by atoms with van der Waals surface area (Å²) in [6.45, 7) is 2.00. The van der Waals surface area contributed by atoms with Gasteiger partial charge in [0.25, 0.3) is 0 Å². The van der Waals surface area contributed by atoms with E-state index in [-0.39, 0.29) is 66.1 Å². The molecule has 1 aliphatic heterocycles. The Kier molecular flexibility index (Phi) is 40.5. The van der Waals surface area contributed by atoms with Crippen LogP contribution in [0.2, 0.25) is 0 Å². The molecule has 0 aliphatic carbocycles. The van der Waals surface area contributed by atoms with Crippen LogP contribution in [0.4, 0.5) is 0 Å². The van der Waals surface area contributed by atoms with Crippen molar-refractivity contribution in [2.45, 2.75) is 12.8 Å². The fourth-order valence-electron chi connectivity index (χ4n) is 0.510. The number of rotatable bonds is 0. The van der Waals surface area contributed by atoms with E-state index in [0.717, 1.165) is 13.2 Å². The van der Waals surface area contributed by atoms with Gasteiger partial charge in [0.2, 0.25) is 0 Å². The Balaban J connectivity index is -0.0000000312. The van der Waals surface area contributed by atoms with Crippen LogP contribution >= 0.6 is 0 Å². The molecule has 9 heavy (non-hydrogen) atoms. The molecular weight excluding hydrogens is 241 g/mol. The minimum Gasteiger partial charge on any atom is -0.381 e. The average Bonchev–Trinajstić information content (AvgIpc) is 1.76. The van der Waals surface area contributed by atoms with E-state index in [9.17, 15) is 0 Å². The first-order chi connectivity index (χ1) is 2.50. The van der Waals surface area contributed by atoms with Crippen molar-refractivity contribution >= 4 is 25.2 Å². The molecule has 0 atom stereocenters. The predicted molar refractivity (Wildman–Crippen MR) is 54.1 cm³/mol. The summed E-state index contributed by atoms with van der Waals surface area (Å²) < 4.78 is 4.94. The van der Waals surface area contributed by atoms with E-state index >= 15 is 0 Å². The molecule has 0 saturated carbocycles. The van der Waals surface area contributed by atoms with Crippen molar-refractivity contribution in [3.8, 4) is 0 Å². The van der Waals surface area contributed by atoms with Crippen LogP contribution in [0.15, 0.2) is 0 Å². The molecule has 1 aliphatic rings. The minimum atomic E-state index is 0. The molecule has 55 valence electrons. The molecule has 0 amide bonds. The molecule has 1 rings (SSSR count). The molecule has 0 aromatic carbocycles. The second-order valence-electron chi connectivity index (χ2n) is 1.32. The molecule has 0 unspecified atom stereocenters.